The van der Waals surface area contributed by atoms with E-state index in [1.807, 2.05) is 25.1 Å². The zero-order valence-corrected chi connectivity index (χ0v) is 16.0. The number of nitrogens with one attached hydrogen (secondary N) is 1. The maximum absolute atomic E-state index is 12.8. The number of sulfonamides is 1. The van der Waals surface area contributed by atoms with Crippen LogP contribution in [0.1, 0.15) is 25.3 Å². The lowest BCUT2D eigenvalue weighted by Gasteiger charge is -2.15. The Bertz CT molecular complexity index is 1070. The molecule has 0 heterocycles. The molecule has 0 spiro atoms. The van der Waals surface area contributed by atoms with Crippen LogP contribution in [0.3, 0.4) is 0 Å². The van der Waals surface area contributed by atoms with Gasteiger partial charge in [0.25, 0.3) is 10.0 Å². The number of rotatable bonds is 6. The monoisotopic (exact) mass is 383 g/mol. The van der Waals surface area contributed by atoms with Gasteiger partial charge >= 0.3 is 0 Å². The Hall–Kier alpha value is -2.86. The van der Waals surface area contributed by atoms with E-state index in [9.17, 15) is 13.2 Å². The minimum Gasteiger partial charge on any atom is -0.494 e. The molecule has 0 saturated heterocycles. The van der Waals surface area contributed by atoms with Gasteiger partial charge in [-0.3, -0.25) is 4.79 Å². The van der Waals surface area contributed by atoms with E-state index in [0.717, 1.165) is 5.39 Å². The average Bonchev–Trinajstić information content (AvgIpc) is 2.67. The van der Waals surface area contributed by atoms with Gasteiger partial charge in [0.1, 0.15) is 5.75 Å². The van der Waals surface area contributed by atoms with E-state index in [1.165, 1.54) is 6.07 Å². The normalized spacial score (nSPS) is 12.5. The molecule has 0 saturated carbocycles. The standard InChI is InChI=1S/C21H21NO4S/c1-3-26-18-11-6-10-17(14-18)15(2)21(23)22-27(24,25)20-13-7-9-16-8-4-5-12-19(16)20/h4-15H,3H2,1-2H3,(H,22,23). The van der Waals surface area contributed by atoms with Crippen LogP contribution in [0, 0.1) is 0 Å². The molecule has 0 aliphatic heterocycles. The molecule has 0 aromatic heterocycles. The SMILES string of the molecule is CCOc1cccc(C(C)C(=O)NS(=O)(=O)c2cccc3ccccc23)c1. The van der Waals surface area contributed by atoms with E-state index < -0.39 is 21.8 Å². The van der Waals surface area contributed by atoms with E-state index >= 15 is 0 Å². The van der Waals surface area contributed by atoms with Crippen LogP contribution in [0.25, 0.3) is 10.8 Å². The Kier molecular flexibility index (Phi) is 5.46. The zero-order chi connectivity index (χ0) is 19.4. The third-order valence-corrected chi connectivity index (χ3v) is 5.74. The van der Waals surface area contributed by atoms with Crippen LogP contribution in [-0.2, 0) is 14.8 Å². The fourth-order valence-corrected chi connectivity index (χ4v) is 4.18. The molecule has 0 fully saturated rings. The predicted molar refractivity (Wildman–Crippen MR) is 105 cm³/mol. The summed E-state index contributed by atoms with van der Waals surface area (Å²) in [6.07, 6.45) is 0. The lowest BCUT2D eigenvalue weighted by molar-refractivity contribution is -0.120. The first-order valence-electron chi connectivity index (χ1n) is 8.69. The van der Waals surface area contributed by atoms with Crippen molar-refractivity contribution in [2.75, 3.05) is 6.61 Å². The second-order valence-electron chi connectivity index (χ2n) is 6.17. The number of carbonyl (C=O) groups is 1. The predicted octanol–water partition coefficient (Wildman–Crippen LogP) is 3.85. The quantitative estimate of drug-likeness (QED) is 0.702. The topological polar surface area (TPSA) is 72.5 Å². The Morgan fingerprint density at radius 2 is 1.74 bits per heavy atom. The van der Waals surface area contributed by atoms with E-state index in [2.05, 4.69) is 4.72 Å². The van der Waals surface area contributed by atoms with Crippen molar-refractivity contribution < 1.29 is 17.9 Å². The Labute approximate surface area is 159 Å². The maximum Gasteiger partial charge on any atom is 0.264 e. The van der Waals surface area contributed by atoms with Gasteiger partial charge < -0.3 is 4.74 Å². The van der Waals surface area contributed by atoms with Gasteiger partial charge in [-0.2, -0.15) is 0 Å². The molecule has 140 valence electrons. The number of carbonyl (C=O) groups excluding carboxylic acids is 1. The fraction of sp³-hybridized carbons (Fsp3) is 0.190. The van der Waals surface area contributed by atoms with Gasteiger partial charge in [-0.05, 0) is 43.0 Å². The molecule has 6 heteroatoms. The molecule has 1 unspecified atom stereocenters. The fourth-order valence-electron chi connectivity index (χ4n) is 2.90. The third-order valence-electron chi connectivity index (χ3n) is 4.34. The minimum absolute atomic E-state index is 0.0872. The number of amides is 1. The van der Waals surface area contributed by atoms with E-state index in [4.69, 9.17) is 4.74 Å². The van der Waals surface area contributed by atoms with Crippen molar-refractivity contribution in [1.29, 1.82) is 0 Å². The second-order valence-corrected chi connectivity index (χ2v) is 7.83. The number of hydrogen-bond donors (Lipinski definition) is 1. The molecule has 0 bridgehead atoms. The number of hydrogen-bond acceptors (Lipinski definition) is 4. The van der Waals surface area contributed by atoms with Crippen LogP contribution in [0.2, 0.25) is 0 Å². The van der Waals surface area contributed by atoms with Gasteiger partial charge in [0, 0.05) is 5.39 Å². The van der Waals surface area contributed by atoms with Gasteiger partial charge in [-0.25, -0.2) is 13.1 Å². The van der Waals surface area contributed by atoms with Crippen molar-refractivity contribution in [3.05, 3.63) is 72.3 Å². The van der Waals surface area contributed by atoms with Crippen LogP contribution in [-0.4, -0.2) is 20.9 Å². The first-order chi connectivity index (χ1) is 12.9. The maximum atomic E-state index is 12.8. The second kappa shape index (κ2) is 7.80. The summed E-state index contributed by atoms with van der Waals surface area (Å²) in [5.41, 5.74) is 0.687. The van der Waals surface area contributed by atoms with Crippen molar-refractivity contribution in [2.24, 2.45) is 0 Å². The summed E-state index contributed by atoms with van der Waals surface area (Å²) < 4.78 is 33.3. The number of ether oxygens (including phenoxy) is 1. The van der Waals surface area contributed by atoms with Crippen LogP contribution < -0.4 is 9.46 Å². The van der Waals surface area contributed by atoms with Crippen molar-refractivity contribution in [3.63, 3.8) is 0 Å². The molecule has 5 nitrogen and oxygen atoms in total. The summed E-state index contributed by atoms with van der Waals surface area (Å²) in [6, 6.07) is 19.3. The van der Waals surface area contributed by atoms with Gasteiger partial charge in [-0.15, -0.1) is 0 Å². The molecule has 1 amide bonds. The highest BCUT2D eigenvalue weighted by Gasteiger charge is 2.24. The minimum atomic E-state index is -3.99. The first-order valence-corrected chi connectivity index (χ1v) is 10.2. The number of fused-ring (bicyclic) bond motifs is 1. The van der Waals surface area contributed by atoms with Crippen LogP contribution in [0.15, 0.2) is 71.6 Å². The van der Waals surface area contributed by atoms with E-state index in [-0.39, 0.29) is 4.90 Å². The summed E-state index contributed by atoms with van der Waals surface area (Å²) in [5, 5.41) is 1.37. The summed E-state index contributed by atoms with van der Waals surface area (Å²) in [7, 11) is -3.99. The van der Waals surface area contributed by atoms with E-state index in [0.29, 0.717) is 23.3 Å². The third kappa shape index (κ3) is 4.11. The molecule has 27 heavy (non-hydrogen) atoms. The highest BCUT2D eigenvalue weighted by atomic mass is 32.2. The Morgan fingerprint density at radius 1 is 1.04 bits per heavy atom. The first kappa shape index (κ1) is 18.9. The summed E-state index contributed by atoms with van der Waals surface area (Å²) >= 11 is 0. The molecular weight excluding hydrogens is 362 g/mol. The molecular formula is C21H21NO4S. The number of benzene rings is 3. The molecule has 0 radical (unpaired) electrons. The molecule has 3 aromatic rings. The smallest absolute Gasteiger partial charge is 0.264 e. The Morgan fingerprint density at radius 3 is 2.52 bits per heavy atom. The Balaban J connectivity index is 1.87. The molecule has 1 N–H and O–H groups in total. The van der Waals surface area contributed by atoms with Crippen molar-refractivity contribution >= 4 is 26.7 Å². The highest BCUT2D eigenvalue weighted by molar-refractivity contribution is 7.90. The lowest BCUT2D eigenvalue weighted by Crippen LogP contribution is -2.33. The molecule has 3 aromatic carbocycles. The van der Waals surface area contributed by atoms with Crippen molar-refractivity contribution in [3.8, 4) is 5.75 Å². The van der Waals surface area contributed by atoms with Gasteiger partial charge in [0.05, 0.1) is 17.4 Å². The van der Waals surface area contributed by atoms with Crippen molar-refractivity contribution in [2.45, 2.75) is 24.7 Å². The molecule has 1 atom stereocenters. The molecule has 3 rings (SSSR count). The van der Waals surface area contributed by atoms with Gasteiger partial charge in [-0.1, -0.05) is 48.5 Å². The van der Waals surface area contributed by atoms with Crippen LogP contribution in [0.4, 0.5) is 0 Å². The summed E-state index contributed by atoms with van der Waals surface area (Å²) in [6.45, 7) is 4.05. The average molecular weight is 383 g/mol. The largest absolute Gasteiger partial charge is 0.494 e. The lowest BCUT2D eigenvalue weighted by atomic mass is 10.0. The van der Waals surface area contributed by atoms with E-state index in [1.54, 1.807) is 49.4 Å². The zero-order valence-electron chi connectivity index (χ0n) is 15.2. The van der Waals surface area contributed by atoms with Crippen molar-refractivity contribution in [1.82, 2.24) is 4.72 Å². The van der Waals surface area contributed by atoms with Crippen LogP contribution >= 0.6 is 0 Å². The summed E-state index contributed by atoms with van der Waals surface area (Å²) in [5.74, 6) is -0.585. The van der Waals surface area contributed by atoms with Crippen LogP contribution in [0.5, 0.6) is 5.75 Å². The molecule has 0 aliphatic rings. The highest BCUT2D eigenvalue weighted by Crippen LogP contribution is 2.25. The molecule has 0 aliphatic carbocycles. The van der Waals surface area contributed by atoms with Gasteiger partial charge in [0.15, 0.2) is 0 Å². The van der Waals surface area contributed by atoms with Gasteiger partial charge in [0.2, 0.25) is 5.91 Å². The summed E-state index contributed by atoms with van der Waals surface area (Å²) in [4.78, 5) is 12.7.